The third kappa shape index (κ3) is 1.68. The number of aldehydes is 1. The number of carbonyl (C=O) groups is 1. The maximum atomic E-state index is 11.1. The Kier molecular flexibility index (Phi) is 2.52. The highest BCUT2D eigenvalue weighted by molar-refractivity contribution is 5.92. The number of hydrogen-bond acceptors (Lipinski definition) is 2. The van der Waals surface area contributed by atoms with Crippen LogP contribution in [0.2, 0.25) is 0 Å². The number of hydrogen-bond donors (Lipinski definition) is 0. The van der Waals surface area contributed by atoms with Gasteiger partial charge in [0.25, 0.3) is 0 Å². The third-order valence-electron chi connectivity index (χ3n) is 3.53. The molecular formula is C15H15N3O. The summed E-state index contributed by atoms with van der Waals surface area (Å²) in [6, 6.07) is 8.31. The van der Waals surface area contributed by atoms with Gasteiger partial charge in [-0.1, -0.05) is 12.1 Å². The van der Waals surface area contributed by atoms with Gasteiger partial charge in [-0.3, -0.25) is 9.48 Å². The van der Waals surface area contributed by atoms with Crippen molar-refractivity contribution in [3.63, 3.8) is 0 Å². The van der Waals surface area contributed by atoms with E-state index in [0.717, 1.165) is 23.2 Å². The molecule has 3 rings (SSSR count). The van der Waals surface area contributed by atoms with Gasteiger partial charge in [0.15, 0.2) is 6.29 Å². The van der Waals surface area contributed by atoms with E-state index in [9.17, 15) is 4.79 Å². The maximum Gasteiger partial charge on any atom is 0.153 e. The van der Waals surface area contributed by atoms with Crippen molar-refractivity contribution >= 4 is 17.2 Å². The van der Waals surface area contributed by atoms with Crippen LogP contribution in [0.4, 0.5) is 0 Å². The summed E-state index contributed by atoms with van der Waals surface area (Å²) in [6.07, 6.45) is 2.60. The van der Waals surface area contributed by atoms with Gasteiger partial charge in [-0.05, 0) is 24.6 Å². The molecule has 0 aliphatic heterocycles. The lowest BCUT2D eigenvalue weighted by molar-refractivity contribution is 0.112. The van der Waals surface area contributed by atoms with E-state index in [0.29, 0.717) is 5.56 Å². The van der Waals surface area contributed by atoms with Crippen LogP contribution in [0.15, 0.2) is 30.5 Å². The summed E-state index contributed by atoms with van der Waals surface area (Å²) in [5, 5.41) is 5.60. The Labute approximate surface area is 111 Å². The standard InChI is InChI=1S/C15H15N3O/c1-10-5-4-6-13-12(10)7-14(18(13)3)15-11(9-19)8-17(2)16-15/h4-9H,1-3H3. The molecule has 2 heterocycles. The van der Waals surface area contributed by atoms with Gasteiger partial charge in [0.2, 0.25) is 0 Å². The van der Waals surface area contributed by atoms with Gasteiger partial charge in [-0.25, -0.2) is 0 Å². The van der Waals surface area contributed by atoms with Crippen molar-refractivity contribution in [1.29, 1.82) is 0 Å². The molecule has 0 saturated heterocycles. The Morgan fingerprint density at radius 1 is 1.26 bits per heavy atom. The molecule has 0 bridgehead atoms. The Morgan fingerprint density at radius 2 is 2.05 bits per heavy atom. The minimum Gasteiger partial charge on any atom is -0.342 e. The van der Waals surface area contributed by atoms with Crippen molar-refractivity contribution in [2.45, 2.75) is 6.92 Å². The molecule has 0 N–H and O–H groups in total. The van der Waals surface area contributed by atoms with Crippen molar-refractivity contribution in [2.24, 2.45) is 14.1 Å². The molecule has 3 aromatic rings. The molecule has 0 atom stereocenters. The van der Waals surface area contributed by atoms with Crippen molar-refractivity contribution in [1.82, 2.24) is 14.3 Å². The van der Waals surface area contributed by atoms with E-state index in [1.165, 1.54) is 10.9 Å². The molecule has 4 heteroatoms. The molecule has 4 nitrogen and oxygen atoms in total. The summed E-state index contributed by atoms with van der Waals surface area (Å²) in [5.74, 6) is 0. The first-order valence-corrected chi connectivity index (χ1v) is 6.16. The zero-order chi connectivity index (χ0) is 13.6. The maximum absolute atomic E-state index is 11.1. The highest BCUT2D eigenvalue weighted by atomic mass is 16.1. The highest BCUT2D eigenvalue weighted by Gasteiger charge is 2.15. The van der Waals surface area contributed by atoms with Crippen LogP contribution in [0.5, 0.6) is 0 Å². The molecule has 0 amide bonds. The van der Waals surface area contributed by atoms with Crippen LogP contribution in [0.3, 0.4) is 0 Å². The Morgan fingerprint density at radius 3 is 2.74 bits per heavy atom. The van der Waals surface area contributed by atoms with E-state index in [2.05, 4.69) is 34.8 Å². The fourth-order valence-electron chi connectivity index (χ4n) is 2.53. The van der Waals surface area contributed by atoms with E-state index in [1.807, 2.05) is 20.2 Å². The third-order valence-corrected chi connectivity index (χ3v) is 3.53. The summed E-state index contributed by atoms with van der Waals surface area (Å²) < 4.78 is 3.75. The number of fused-ring (bicyclic) bond motifs is 1. The van der Waals surface area contributed by atoms with Crippen LogP contribution in [0.1, 0.15) is 15.9 Å². The second-order valence-corrected chi connectivity index (χ2v) is 4.82. The largest absolute Gasteiger partial charge is 0.342 e. The monoisotopic (exact) mass is 253 g/mol. The van der Waals surface area contributed by atoms with Gasteiger partial charge < -0.3 is 4.57 Å². The molecule has 0 aliphatic rings. The second-order valence-electron chi connectivity index (χ2n) is 4.82. The predicted molar refractivity (Wildman–Crippen MR) is 75.2 cm³/mol. The SMILES string of the molecule is Cc1cccc2c1cc(-c1nn(C)cc1C=O)n2C. The van der Waals surface area contributed by atoms with Crippen LogP contribution >= 0.6 is 0 Å². The summed E-state index contributed by atoms with van der Waals surface area (Å²) in [4.78, 5) is 11.1. The number of benzene rings is 1. The molecule has 0 radical (unpaired) electrons. The first-order chi connectivity index (χ1) is 9.11. The summed E-state index contributed by atoms with van der Waals surface area (Å²) in [5.41, 5.74) is 4.69. The van der Waals surface area contributed by atoms with E-state index < -0.39 is 0 Å². The van der Waals surface area contributed by atoms with Gasteiger partial charge in [0, 0.05) is 31.2 Å². The molecule has 96 valence electrons. The lowest BCUT2D eigenvalue weighted by atomic mass is 10.1. The first kappa shape index (κ1) is 11.7. The number of carbonyl (C=O) groups excluding carboxylic acids is 1. The molecule has 0 saturated carbocycles. The fraction of sp³-hybridized carbons (Fsp3) is 0.200. The van der Waals surface area contributed by atoms with E-state index in [-0.39, 0.29) is 0 Å². The quantitative estimate of drug-likeness (QED) is 0.659. The lowest BCUT2D eigenvalue weighted by Gasteiger charge is -2.02. The average Bonchev–Trinajstić information content (AvgIpc) is 2.92. The fourth-order valence-corrected chi connectivity index (χ4v) is 2.53. The van der Waals surface area contributed by atoms with Gasteiger partial charge >= 0.3 is 0 Å². The van der Waals surface area contributed by atoms with Crippen LogP contribution in [0.25, 0.3) is 22.3 Å². The number of aromatic nitrogens is 3. The van der Waals surface area contributed by atoms with E-state index in [4.69, 9.17) is 0 Å². The highest BCUT2D eigenvalue weighted by Crippen LogP contribution is 2.29. The zero-order valence-electron chi connectivity index (χ0n) is 11.2. The van der Waals surface area contributed by atoms with Gasteiger partial charge in [-0.15, -0.1) is 0 Å². The second kappa shape index (κ2) is 4.09. The molecular weight excluding hydrogens is 238 g/mol. The minimum atomic E-state index is 0.617. The van der Waals surface area contributed by atoms with Crippen molar-refractivity contribution in [3.05, 3.63) is 41.6 Å². The van der Waals surface area contributed by atoms with Gasteiger partial charge in [0.05, 0.1) is 11.3 Å². The van der Waals surface area contributed by atoms with Crippen LogP contribution in [-0.4, -0.2) is 20.6 Å². The van der Waals surface area contributed by atoms with Crippen molar-refractivity contribution in [2.75, 3.05) is 0 Å². The van der Waals surface area contributed by atoms with Crippen molar-refractivity contribution < 1.29 is 4.79 Å². The zero-order valence-corrected chi connectivity index (χ0v) is 11.2. The Hall–Kier alpha value is -2.36. The Bertz CT molecular complexity index is 780. The number of rotatable bonds is 2. The van der Waals surface area contributed by atoms with Crippen LogP contribution in [0, 0.1) is 6.92 Å². The van der Waals surface area contributed by atoms with Crippen LogP contribution < -0.4 is 0 Å². The van der Waals surface area contributed by atoms with Crippen molar-refractivity contribution in [3.8, 4) is 11.4 Å². The topological polar surface area (TPSA) is 39.8 Å². The molecule has 1 aromatic carbocycles. The Balaban J connectivity index is 2.34. The lowest BCUT2D eigenvalue weighted by Crippen LogP contribution is -1.95. The van der Waals surface area contributed by atoms with Crippen LogP contribution in [-0.2, 0) is 14.1 Å². The van der Waals surface area contributed by atoms with Gasteiger partial charge in [-0.2, -0.15) is 5.10 Å². The molecule has 0 aliphatic carbocycles. The smallest absolute Gasteiger partial charge is 0.153 e. The average molecular weight is 253 g/mol. The van der Waals surface area contributed by atoms with Gasteiger partial charge in [0.1, 0.15) is 5.69 Å². The summed E-state index contributed by atoms with van der Waals surface area (Å²) >= 11 is 0. The summed E-state index contributed by atoms with van der Waals surface area (Å²) in [7, 11) is 3.82. The minimum absolute atomic E-state index is 0.617. The first-order valence-electron chi connectivity index (χ1n) is 6.16. The molecule has 0 unspecified atom stereocenters. The molecule has 0 spiro atoms. The van der Waals surface area contributed by atoms with E-state index >= 15 is 0 Å². The number of aryl methyl sites for hydroxylation is 3. The molecule has 19 heavy (non-hydrogen) atoms. The predicted octanol–water partition coefficient (Wildman–Crippen LogP) is 2.70. The molecule has 0 fully saturated rings. The molecule has 2 aromatic heterocycles. The summed E-state index contributed by atoms with van der Waals surface area (Å²) in [6.45, 7) is 2.09. The normalized spacial score (nSPS) is 11.1. The number of nitrogens with zero attached hydrogens (tertiary/aromatic N) is 3. The van der Waals surface area contributed by atoms with E-state index in [1.54, 1.807) is 10.9 Å².